The minimum Gasteiger partial charge on any atom is -0.294 e. The molecule has 2 saturated carbocycles. The van der Waals surface area contributed by atoms with E-state index in [-0.39, 0.29) is 0 Å². The molecule has 0 N–H and O–H groups in total. The monoisotopic (exact) mass is 242 g/mol. The predicted octanol–water partition coefficient (Wildman–Crippen LogP) is 4.31. The van der Waals surface area contributed by atoms with Gasteiger partial charge in [0.15, 0.2) is 5.78 Å². The van der Waals surface area contributed by atoms with Crippen LogP contribution in [0.3, 0.4) is 0 Å². The zero-order chi connectivity index (χ0) is 12.7. The van der Waals surface area contributed by atoms with E-state index in [1.807, 2.05) is 6.92 Å². The number of fused-ring (bicyclic) bond motifs is 2. The van der Waals surface area contributed by atoms with Crippen LogP contribution in [0.2, 0.25) is 0 Å². The Morgan fingerprint density at radius 3 is 2.72 bits per heavy atom. The number of carbonyl (C=O) groups excluding carboxylic acids is 1. The lowest BCUT2D eigenvalue weighted by Crippen LogP contribution is -2.16. The number of Topliss-reactive ketones (excluding diaryl/α,β-unsaturated/α-hetero) is 1. The van der Waals surface area contributed by atoms with Crippen molar-refractivity contribution in [1.82, 2.24) is 0 Å². The van der Waals surface area contributed by atoms with Crippen LogP contribution in [0.1, 0.15) is 53.6 Å². The fourth-order valence-electron chi connectivity index (χ4n) is 4.01. The molecule has 0 saturated heterocycles. The van der Waals surface area contributed by atoms with Crippen LogP contribution < -0.4 is 0 Å². The van der Waals surface area contributed by atoms with Crippen LogP contribution in [-0.4, -0.2) is 5.78 Å². The number of ketones is 1. The Morgan fingerprint density at radius 1 is 1.22 bits per heavy atom. The van der Waals surface area contributed by atoms with Gasteiger partial charge in [0.25, 0.3) is 0 Å². The Balaban J connectivity index is 1.73. The highest BCUT2D eigenvalue weighted by Crippen LogP contribution is 2.49. The average Bonchev–Trinajstić information content (AvgIpc) is 2.94. The lowest BCUT2D eigenvalue weighted by Gasteiger charge is -2.21. The summed E-state index contributed by atoms with van der Waals surface area (Å²) < 4.78 is 0. The van der Waals surface area contributed by atoms with E-state index in [0.717, 1.165) is 29.4 Å². The molecule has 1 aromatic carbocycles. The number of hydrogen-bond donors (Lipinski definition) is 0. The molecule has 0 aliphatic heterocycles. The molecule has 3 unspecified atom stereocenters. The van der Waals surface area contributed by atoms with Crippen molar-refractivity contribution < 1.29 is 4.79 Å². The summed E-state index contributed by atoms with van der Waals surface area (Å²) in [6.07, 6.45) is 6.27. The summed E-state index contributed by atoms with van der Waals surface area (Å²) in [5, 5.41) is 0. The fraction of sp³-hybridized carbons (Fsp3) is 0.588. The highest BCUT2D eigenvalue weighted by Gasteiger charge is 2.40. The average molecular weight is 242 g/mol. The fourth-order valence-corrected chi connectivity index (χ4v) is 4.01. The van der Waals surface area contributed by atoms with E-state index in [9.17, 15) is 4.79 Å². The number of aryl methyl sites for hydroxylation is 2. The second kappa shape index (κ2) is 4.53. The molecule has 1 nitrogen and oxygen atoms in total. The molecule has 2 fully saturated rings. The minimum absolute atomic E-state index is 0.369. The predicted molar refractivity (Wildman–Crippen MR) is 73.8 cm³/mol. The first kappa shape index (κ1) is 12.0. The third-order valence-corrected chi connectivity index (χ3v) is 5.03. The second-order valence-corrected chi connectivity index (χ2v) is 6.38. The lowest BCUT2D eigenvalue weighted by molar-refractivity contribution is 0.0943. The maximum Gasteiger partial charge on any atom is 0.163 e. The van der Waals surface area contributed by atoms with Crippen LogP contribution in [0.4, 0.5) is 0 Å². The van der Waals surface area contributed by atoms with Crippen molar-refractivity contribution in [3.63, 3.8) is 0 Å². The molecule has 0 radical (unpaired) electrons. The molecule has 0 aromatic heterocycles. The van der Waals surface area contributed by atoms with Gasteiger partial charge in [-0.3, -0.25) is 4.79 Å². The maximum absolute atomic E-state index is 12.5. The number of hydrogen-bond acceptors (Lipinski definition) is 1. The standard InChI is InChI=1S/C17H22O/c1-11-3-4-12(2)16(7-11)17(18)10-15-9-13-5-6-14(15)8-13/h3-4,7,13-15H,5-6,8-10H2,1-2H3. The van der Waals surface area contributed by atoms with Crippen molar-refractivity contribution in [3.8, 4) is 0 Å². The largest absolute Gasteiger partial charge is 0.294 e. The van der Waals surface area contributed by atoms with Gasteiger partial charge in [-0.05, 0) is 62.5 Å². The first-order valence-corrected chi connectivity index (χ1v) is 7.24. The number of rotatable bonds is 3. The molecule has 1 aromatic rings. The van der Waals surface area contributed by atoms with Crippen molar-refractivity contribution in [2.45, 2.75) is 46.0 Å². The Hall–Kier alpha value is -1.11. The van der Waals surface area contributed by atoms with Gasteiger partial charge in [0.05, 0.1) is 0 Å². The van der Waals surface area contributed by atoms with Gasteiger partial charge in [0, 0.05) is 12.0 Å². The molecular formula is C17H22O. The first-order valence-electron chi connectivity index (χ1n) is 7.24. The van der Waals surface area contributed by atoms with Gasteiger partial charge in [0.2, 0.25) is 0 Å². The first-order chi connectivity index (χ1) is 8.63. The van der Waals surface area contributed by atoms with Crippen LogP contribution in [0.15, 0.2) is 18.2 Å². The molecule has 3 rings (SSSR count). The topological polar surface area (TPSA) is 17.1 Å². The number of carbonyl (C=O) groups is 1. The normalized spacial score (nSPS) is 29.8. The van der Waals surface area contributed by atoms with Crippen LogP contribution >= 0.6 is 0 Å². The third-order valence-electron chi connectivity index (χ3n) is 5.03. The van der Waals surface area contributed by atoms with Gasteiger partial charge in [-0.25, -0.2) is 0 Å². The smallest absolute Gasteiger partial charge is 0.163 e. The highest BCUT2D eigenvalue weighted by molar-refractivity contribution is 5.97. The lowest BCUT2D eigenvalue weighted by atomic mass is 9.83. The summed E-state index contributed by atoms with van der Waals surface area (Å²) >= 11 is 0. The molecular weight excluding hydrogens is 220 g/mol. The summed E-state index contributed by atoms with van der Waals surface area (Å²) in [6.45, 7) is 4.11. The maximum atomic E-state index is 12.5. The van der Waals surface area contributed by atoms with Crippen LogP contribution in [0, 0.1) is 31.6 Å². The van der Waals surface area contributed by atoms with E-state index >= 15 is 0 Å². The molecule has 18 heavy (non-hydrogen) atoms. The van der Waals surface area contributed by atoms with Gasteiger partial charge >= 0.3 is 0 Å². The number of benzene rings is 1. The Bertz CT molecular complexity index is 474. The SMILES string of the molecule is Cc1ccc(C)c(C(=O)CC2CC3CCC2C3)c1. The molecule has 2 aliphatic rings. The van der Waals surface area contributed by atoms with Crippen LogP contribution in [0.5, 0.6) is 0 Å². The van der Waals surface area contributed by atoms with Gasteiger partial charge < -0.3 is 0 Å². The quantitative estimate of drug-likeness (QED) is 0.722. The zero-order valence-corrected chi connectivity index (χ0v) is 11.4. The van der Waals surface area contributed by atoms with Gasteiger partial charge in [0.1, 0.15) is 0 Å². The minimum atomic E-state index is 0.369. The second-order valence-electron chi connectivity index (χ2n) is 6.38. The Morgan fingerprint density at radius 2 is 2.06 bits per heavy atom. The van der Waals surface area contributed by atoms with E-state index in [0.29, 0.717) is 11.7 Å². The van der Waals surface area contributed by atoms with Crippen molar-refractivity contribution in [1.29, 1.82) is 0 Å². The van der Waals surface area contributed by atoms with Gasteiger partial charge in [-0.15, -0.1) is 0 Å². The van der Waals surface area contributed by atoms with Crippen LogP contribution in [0.25, 0.3) is 0 Å². The van der Waals surface area contributed by atoms with E-state index in [1.54, 1.807) is 0 Å². The molecule has 96 valence electrons. The van der Waals surface area contributed by atoms with Crippen LogP contribution in [-0.2, 0) is 0 Å². The van der Waals surface area contributed by atoms with Gasteiger partial charge in [-0.1, -0.05) is 24.1 Å². The van der Waals surface area contributed by atoms with Crippen molar-refractivity contribution in [2.75, 3.05) is 0 Å². The molecule has 2 bridgehead atoms. The van der Waals surface area contributed by atoms with E-state index in [4.69, 9.17) is 0 Å². The van der Waals surface area contributed by atoms with Crippen molar-refractivity contribution in [3.05, 3.63) is 34.9 Å². The van der Waals surface area contributed by atoms with E-state index in [1.165, 1.54) is 31.2 Å². The third kappa shape index (κ3) is 2.11. The molecule has 1 heteroatoms. The van der Waals surface area contributed by atoms with E-state index < -0.39 is 0 Å². The van der Waals surface area contributed by atoms with Gasteiger partial charge in [-0.2, -0.15) is 0 Å². The summed E-state index contributed by atoms with van der Waals surface area (Å²) in [7, 11) is 0. The summed E-state index contributed by atoms with van der Waals surface area (Å²) in [6, 6.07) is 6.22. The Kier molecular flexibility index (Phi) is 3.01. The zero-order valence-electron chi connectivity index (χ0n) is 11.4. The van der Waals surface area contributed by atoms with E-state index in [2.05, 4.69) is 25.1 Å². The van der Waals surface area contributed by atoms with Crippen molar-refractivity contribution in [2.24, 2.45) is 17.8 Å². The molecule has 0 spiro atoms. The summed E-state index contributed by atoms with van der Waals surface area (Å²) in [5.41, 5.74) is 3.28. The summed E-state index contributed by atoms with van der Waals surface area (Å²) in [4.78, 5) is 12.5. The molecule has 2 aliphatic carbocycles. The molecule has 0 heterocycles. The summed E-state index contributed by atoms with van der Waals surface area (Å²) in [5.74, 6) is 2.83. The highest BCUT2D eigenvalue weighted by atomic mass is 16.1. The molecule has 3 atom stereocenters. The molecule has 0 amide bonds. The van der Waals surface area contributed by atoms with Crippen molar-refractivity contribution >= 4 is 5.78 Å². The Labute approximate surface area is 110 Å².